The Hall–Kier alpha value is -8.33. The van der Waals surface area contributed by atoms with Gasteiger partial charge in [0.05, 0.1) is 39.2 Å². The minimum Gasteiger partial charge on any atom is -0.309 e. The number of fused-ring (bicyclic) bond motifs is 9. The summed E-state index contributed by atoms with van der Waals surface area (Å²) in [6, 6.07) is 70.8. The molecule has 0 unspecified atom stereocenters. The summed E-state index contributed by atoms with van der Waals surface area (Å²) in [7, 11) is 0. The summed E-state index contributed by atoms with van der Waals surface area (Å²) in [6.07, 6.45) is 1.91. The molecule has 0 aliphatic heterocycles. The standard InChI is InChI=1S/C55H33N5/c56-33-35-9-8-10-38(29-35)39-19-17-36-18-20-42-34-57-55(58-54(42)47(36)30-39)37-21-25-44(26-22-37)60-51-16-7-5-14-46(51)49-32-41(24-28-53(49)60)40-23-27-52-48(31-40)45-13-4-6-15-50(45)59(52)43-11-2-1-3-12-43/h1-32,34H. The van der Waals surface area contributed by atoms with Gasteiger partial charge in [-0.2, -0.15) is 5.26 Å². The van der Waals surface area contributed by atoms with Gasteiger partial charge in [0.2, 0.25) is 0 Å². The van der Waals surface area contributed by atoms with Crippen LogP contribution < -0.4 is 0 Å². The van der Waals surface area contributed by atoms with E-state index in [0.717, 1.165) is 60.8 Å². The second kappa shape index (κ2) is 13.4. The van der Waals surface area contributed by atoms with Gasteiger partial charge in [0.15, 0.2) is 5.82 Å². The highest BCUT2D eigenvalue weighted by Crippen LogP contribution is 2.39. The van der Waals surface area contributed by atoms with Crippen molar-refractivity contribution < 1.29 is 0 Å². The highest BCUT2D eigenvalue weighted by Gasteiger charge is 2.17. The van der Waals surface area contributed by atoms with Gasteiger partial charge in [-0.05, 0) is 119 Å². The summed E-state index contributed by atoms with van der Waals surface area (Å²) in [5.41, 5.74) is 13.9. The van der Waals surface area contributed by atoms with E-state index in [0.29, 0.717) is 11.4 Å². The highest BCUT2D eigenvalue weighted by molar-refractivity contribution is 6.13. The van der Waals surface area contributed by atoms with Crippen molar-refractivity contribution in [3.63, 3.8) is 0 Å². The average Bonchev–Trinajstić information content (AvgIpc) is 3.83. The number of rotatable bonds is 5. The molecule has 0 N–H and O–H groups in total. The lowest BCUT2D eigenvalue weighted by Gasteiger charge is -2.11. The van der Waals surface area contributed by atoms with Crippen molar-refractivity contribution in [1.82, 2.24) is 19.1 Å². The van der Waals surface area contributed by atoms with Crippen LogP contribution in [0.4, 0.5) is 0 Å². The smallest absolute Gasteiger partial charge is 0.159 e. The van der Waals surface area contributed by atoms with Crippen molar-refractivity contribution in [3.05, 3.63) is 206 Å². The number of hydrogen-bond acceptors (Lipinski definition) is 3. The number of nitriles is 1. The average molecular weight is 764 g/mol. The van der Waals surface area contributed by atoms with Gasteiger partial charge >= 0.3 is 0 Å². The maximum absolute atomic E-state index is 9.48. The van der Waals surface area contributed by atoms with Gasteiger partial charge in [-0.3, -0.25) is 0 Å². The zero-order chi connectivity index (χ0) is 39.7. The molecule has 5 nitrogen and oxygen atoms in total. The molecule has 0 bridgehead atoms. The number of hydrogen-bond donors (Lipinski definition) is 0. The first kappa shape index (κ1) is 33.8. The first-order valence-corrected chi connectivity index (χ1v) is 20.1. The predicted molar refractivity (Wildman–Crippen MR) is 247 cm³/mol. The second-order valence-electron chi connectivity index (χ2n) is 15.4. The molecule has 0 radical (unpaired) electrons. The van der Waals surface area contributed by atoms with E-state index >= 15 is 0 Å². The molecule has 3 aromatic heterocycles. The molecule has 0 spiro atoms. The Morgan fingerprint density at radius 1 is 0.383 bits per heavy atom. The van der Waals surface area contributed by atoms with Crippen molar-refractivity contribution >= 4 is 65.3 Å². The lowest BCUT2D eigenvalue weighted by molar-refractivity contribution is 1.17. The third-order valence-corrected chi connectivity index (χ3v) is 12.0. The molecule has 278 valence electrons. The van der Waals surface area contributed by atoms with Gasteiger partial charge < -0.3 is 9.13 Å². The Morgan fingerprint density at radius 2 is 0.900 bits per heavy atom. The lowest BCUT2D eigenvalue weighted by atomic mass is 9.98. The topological polar surface area (TPSA) is 59.4 Å². The summed E-state index contributed by atoms with van der Waals surface area (Å²) >= 11 is 0. The Morgan fingerprint density at radius 3 is 1.57 bits per heavy atom. The summed E-state index contributed by atoms with van der Waals surface area (Å²) in [5.74, 6) is 0.675. The van der Waals surface area contributed by atoms with Crippen molar-refractivity contribution in [2.45, 2.75) is 0 Å². The number of benzene rings is 9. The fourth-order valence-corrected chi connectivity index (χ4v) is 9.10. The molecular weight excluding hydrogens is 731 g/mol. The summed E-state index contributed by atoms with van der Waals surface area (Å²) < 4.78 is 4.71. The Bertz CT molecular complexity index is 3720. The summed E-state index contributed by atoms with van der Waals surface area (Å²) in [5, 5.41) is 17.5. The van der Waals surface area contributed by atoms with Crippen LogP contribution in [-0.2, 0) is 0 Å². The normalized spacial score (nSPS) is 11.7. The molecule has 0 amide bonds. The van der Waals surface area contributed by atoms with E-state index in [9.17, 15) is 5.26 Å². The number of para-hydroxylation sites is 3. The molecule has 0 saturated heterocycles. The van der Waals surface area contributed by atoms with E-state index in [1.54, 1.807) is 0 Å². The van der Waals surface area contributed by atoms with Crippen LogP contribution in [0.2, 0.25) is 0 Å². The highest BCUT2D eigenvalue weighted by atomic mass is 15.0. The zero-order valence-electron chi connectivity index (χ0n) is 32.3. The third kappa shape index (κ3) is 5.32. The number of aromatic nitrogens is 4. The zero-order valence-corrected chi connectivity index (χ0v) is 32.3. The van der Waals surface area contributed by atoms with Crippen LogP contribution in [0.25, 0.3) is 110 Å². The Kier molecular flexibility index (Phi) is 7.53. The maximum Gasteiger partial charge on any atom is 0.159 e. The van der Waals surface area contributed by atoms with Crippen LogP contribution in [0.15, 0.2) is 200 Å². The molecule has 3 heterocycles. The fraction of sp³-hybridized carbons (Fsp3) is 0. The van der Waals surface area contributed by atoms with Crippen LogP contribution >= 0.6 is 0 Å². The SMILES string of the molecule is N#Cc1cccc(-c2ccc3ccc4cnc(-c5ccc(-n6c7ccccc7c7cc(-c8ccc9c(c8)c8ccccc8n9-c8ccccc8)ccc76)cc5)nc4c3c2)c1. The largest absolute Gasteiger partial charge is 0.309 e. The minimum atomic E-state index is 0.641. The van der Waals surface area contributed by atoms with Gasteiger partial charge in [-0.25, -0.2) is 9.97 Å². The molecule has 12 aromatic rings. The van der Waals surface area contributed by atoms with Gasteiger partial charge in [-0.1, -0.05) is 103 Å². The third-order valence-electron chi connectivity index (χ3n) is 12.0. The van der Waals surface area contributed by atoms with E-state index in [4.69, 9.17) is 9.97 Å². The Balaban J connectivity index is 0.931. The van der Waals surface area contributed by atoms with E-state index < -0.39 is 0 Å². The van der Waals surface area contributed by atoms with Crippen molar-refractivity contribution in [2.24, 2.45) is 0 Å². The van der Waals surface area contributed by atoms with Crippen molar-refractivity contribution in [3.8, 4) is 51.1 Å². The minimum absolute atomic E-state index is 0.641. The van der Waals surface area contributed by atoms with Crippen LogP contribution in [0.3, 0.4) is 0 Å². The van der Waals surface area contributed by atoms with E-state index in [1.807, 2.05) is 30.5 Å². The molecular formula is C55H33N5. The molecule has 0 atom stereocenters. The van der Waals surface area contributed by atoms with Crippen LogP contribution in [0.5, 0.6) is 0 Å². The molecule has 0 fully saturated rings. The van der Waals surface area contributed by atoms with Crippen LogP contribution in [0.1, 0.15) is 5.56 Å². The van der Waals surface area contributed by atoms with Gasteiger partial charge in [0.1, 0.15) is 0 Å². The monoisotopic (exact) mass is 763 g/mol. The van der Waals surface area contributed by atoms with Crippen LogP contribution in [-0.4, -0.2) is 19.1 Å². The second-order valence-corrected chi connectivity index (χ2v) is 15.4. The maximum atomic E-state index is 9.48. The first-order chi connectivity index (χ1) is 29.7. The molecule has 0 saturated carbocycles. The van der Waals surface area contributed by atoms with Gasteiger partial charge in [0, 0.05) is 55.5 Å². The molecule has 0 aliphatic rings. The molecule has 0 aliphatic carbocycles. The first-order valence-electron chi connectivity index (χ1n) is 20.1. The molecule has 12 rings (SSSR count). The molecule has 60 heavy (non-hydrogen) atoms. The van der Waals surface area contributed by atoms with Crippen LogP contribution in [0, 0.1) is 11.3 Å². The lowest BCUT2D eigenvalue weighted by Crippen LogP contribution is -1.95. The van der Waals surface area contributed by atoms with E-state index in [1.165, 1.54) is 43.7 Å². The van der Waals surface area contributed by atoms with Crippen molar-refractivity contribution in [1.29, 1.82) is 5.26 Å². The summed E-state index contributed by atoms with van der Waals surface area (Å²) in [6.45, 7) is 0. The Labute approximate surface area is 345 Å². The van der Waals surface area contributed by atoms with Gasteiger partial charge in [-0.15, -0.1) is 0 Å². The van der Waals surface area contributed by atoms with E-state index in [2.05, 4.69) is 185 Å². The quantitative estimate of drug-likeness (QED) is 0.164. The fourth-order valence-electron chi connectivity index (χ4n) is 9.10. The molecule has 5 heteroatoms. The van der Waals surface area contributed by atoms with Gasteiger partial charge in [0.25, 0.3) is 0 Å². The number of nitrogens with zero attached hydrogens (tertiary/aromatic N) is 5. The van der Waals surface area contributed by atoms with E-state index in [-0.39, 0.29) is 0 Å². The summed E-state index contributed by atoms with van der Waals surface area (Å²) in [4.78, 5) is 9.97. The van der Waals surface area contributed by atoms with Crippen molar-refractivity contribution in [2.75, 3.05) is 0 Å². The predicted octanol–water partition coefficient (Wildman–Crippen LogP) is 13.8. The molecule has 9 aromatic carbocycles.